The predicted octanol–water partition coefficient (Wildman–Crippen LogP) is 3.71. The standard InChI is InChI=1S/C12H14BBrO2.C5H11N/c1-12(2,3)16-11(15)10(13)8-5-4-6-9(14)7-8;1-6-4-2-3-5-6/h4-7,10H,1-3H3;2-5H2,1H3/t10-;/m1./s1. The molecule has 0 aliphatic carbocycles. The van der Waals surface area contributed by atoms with Crippen LogP contribution in [0.1, 0.15) is 45.0 Å². The van der Waals surface area contributed by atoms with E-state index in [-0.39, 0.29) is 0 Å². The highest BCUT2D eigenvalue weighted by atomic mass is 79.9. The molecule has 120 valence electrons. The molecule has 0 unspecified atom stereocenters. The first-order valence-corrected chi connectivity index (χ1v) is 8.41. The minimum Gasteiger partial charge on any atom is -0.460 e. The van der Waals surface area contributed by atoms with Gasteiger partial charge in [-0.1, -0.05) is 28.1 Å². The van der Waals surface area contributed by atoms with Gasteiger partial charge in [0.25, 0.3) is 0 Å². The van der Waals surface area contributed by atoms with E-state index in [0.717, 1.165) is 10.0 Å². The molecule has 22 heavy (non-hydrogen) atoms. The molecule has 2 rings (SSSR count). The number of benzene rings is 1. The summed E-state index contributed by atoms with van der Waals surface area (Å²) in [5.74, 6) is -1.15. The summed E-state index contributed by atoms with van der Waals surface area (Å²) in [7, 11) is 7.99. The van der Waals surface area contributed by atoms with Crippen molar-refractivity contribution in [2.24, 2.45) is 0 Å². The maximum Gasteiger partial charge on any atom is 0.304 e. The van der Waals surface area contributed by atoms with Crippen LogP contribution in [0.4, 0.5) is 0 Å². The number of esters is 1. The van der Waals surface area contributed by atoms with E-state index in [1.807, 2.05) is 39.0 Å². The second-order valence-corrected chi connectivity index (χ2v) is 7.49. The third-order valence-electron chi connectivity index (χ3n) is 3.20. The lowest BCUT2D eigenvalue weighted by atomic mass is 9.81. The van der Waals surface area contributed by atoms with Crippen LogP contribution in [0.15, 0.2) is 28.7 Å². The molecule has 1 saturated heterocycles. The van der Waals surface area contributed by atoms with E-state index in [1.54, 1.807) is 6.07 Å². The number of hydrogen-bond acceptors (Lipinski definition) is 3. The fourth-order valence-corrected chi connectivity index (χ4v) is 2.49. The Morgan fingerprint density at radius 1 is 1.32 bits per heavy atom. The molecule has 2 radical (unpaired) electrons. The molecule has 1 fully saturated rings. The summed E-state index contributed by atoms with van der Waals surface area (Å²) in [6.45, 7) is 8.09. The van der Waals surface area contributed by atoms with Gasteiger partial charge >= 0.3 is 5.97 Å². The maximum absolute atomic E-state index is 11.7. The van der Waals surface area contributed by atoms with E-state index in [0.29, 0.717) is 0 Å². The van der Waals surface area contributed by atoms with Gasteiger partial charge in [0.2, 0.25) is 0 Å². The molecular weight excluding hydrogens is 341 g/mol. The van der Waals surface area contributed by atoms with Crippen LogP contribution >= 0.6 is 15.9 Å². The highest BCUT2D eigenvalue weighted by molar-refractivity contribution is 9.10. The van der Waals surface area contributed by atoms with E-state index in [1.165, 1.54) is 25.9 Å². The monoisotopic (exact) mass is 365 g/mol. The Bertz CT molecular complexity index is 482. The van der Waals surface area contributed by atoms with Gasteiger partial charge in [-0.05, 0) is 71.4 Å². The first-order valence-electron chi connectivity index (χ1n) is 7.61. The van der Waals surface area contributed by atoms with E-state index >= 15 is 0 Å². The van der Waals surface area contributed by atoms with Crippen LogP contribution in [0.2, 0.25) is 0 Å². The van der Waals surface area contributed by atoms with Crippen molar-refractivity contribution in [1.29, 1.82) is 0 Å². The topological polar surface area (TPSA) is 29.5 Å². The third kappa shape index (κ3) is 7.46. The fourth-order valence-electron chi connectivity index (χ4n) is 2.08. The van der Waals surface area contributed by atoms with E-state index in [4.69, 9.17) is 12.6 Å². The van der Waals surface area contributed by atoms with Gasteiger partial charge in [-0.25, -0.2) is 0 Å². The van der Waals surface area contributed by atoms with Crippen molar-refractivity contribution in [3.05, 3.63) is 34.3 Å². The molecule has 0 bridgehead atoms. The van der Waals surface area contributed by atoms with Crippen molar-refractivity contribution >= 4 is 29.7 Å². The van der Waals surface area contributed by atoms with Crippen LogP contribution in [-0.4, -0.2) is 44.5 Å². The molecule has 0 aromatic heterocycles. The third-order valence-corrected chi connectivity index (χ3v) is 3.69. The highest BCUT2D eigenvalue weighted by Crippen LogP contribution is 2.21. The second-order valence-electron chi connectivity index (χ2n) is 6.58. The summed E-state index contributed by atoms with van der Waals surface area (Å²) < 4.78 is 6.11. The number of carbonyl (C=O) groups excluding carboxylic acids is 1. The van der Waals surface area contributed by atoms with Crippen molar-refractivity contribution in [1.82, 2.24) is 4.90 Å². The van der Waals surface area contributed by atoms with Gasteiger partial charge in [0.15, 0.2) is 0 Å². The summed E-state index contributed by atoms with van der Waals surface area (Å²) >= 11 is 3.33. The summed E-state index contributed by atoms with van der Waals surface area (Å²) in [6.07, 6.45) is 2.83. The van der Waals surface area contributed by atoms with Crippen molar-refractivity contribution in [3.8, 4) is 0 Å². The van der Waals surface area contributed by atoms with E-state index in [9.17, 15) is 4.79 Å². The Balaban J connectivity index is 0.000000335. The van der Waals surface area contributed by atoms with Crippen molar-refractivity contribution in [3.63, 3.8) is 0 Å². The molecule has 5 heteroatoms. The van der Waals surface area contributed by atoms with Crippen LogP contribution in [0.3, 0.4) is 0 Å². The quantitative estimate of drug-likeness (QED) is 0.591. The molecule has 1 aliphatic heterocycles. The number of nitrogens with zero attached hydrogens (tertiary/aromatic N) is 1. The molecule has 1 aromatic carbocycles. The number of halogens is 1. The van der Waals surface area contributed by atoms with Crippen LogP contribution in [0.25, 0.3) is 0 Å². The Hall–Kier alpha value is -0.805. The number of hydrogen-bond donors (Lipinski definition) is 0. The predicted molar refractivity (Wildman–Crippen MR) is 95.2 cm³/mol. The molecule has 0 saturated carbocycles. The van der Waals surface area contributed by atoms with Gasteiger partial charge in [-0.2, -0.15) is 0 Å². The SMILES string of the molecule is CN1CCCC1.[B][C@@H](C(=O)OC(C)(C)C)c1cccc(Br)c1. The maximum atomic E-state index is 11.7. The largest absolute Gasteiger partial charge is 0.460 e. The molecule has 0 amide bonds. The van der Waals surface area contributed by atoms with E-state index < -0.39 is 17.4 Å². The second kappa shape index (κ2) is 8.73. The number of ether oxygens (including phenoxy) is 1. The van der Waals surface area contributed by atoms with Crippen LogP contribution in [0.5, 0.6) is 0 Å². The lowest BCUT2D eigenvalue weighted by Gasteiger charge is -2.22. The van der Waals surface area contributed by atoms with Gasteiger partial charge in [0.05, 0.1) is 7.85 Å². The van der Waals surface area contributed by atoms with Crippen LogP contribution in [-0.2, 0) is 9.53 Å². The summed E-state index contributed by atoms with van der Waals surface area (Å²) in [5, 5.41) is 0. The van der Waals surface area contributed by atoms with Gasteiger partial charge in [0.1, 0.15) is 5.60 Å². The molecule has 0 spiro atoms. The first-order chi connectivity index (χ1) is 10.2. The van der Waals surface area contributed by atoms with Crippen molar-refractivity contribution < 1.29 is 9.53 Å². The van der Waals surface area contributed by atoms with Gasteiger partial charge in [-0.15, -0.1) is 0 Å². The number of likely N-dealkylation sites (tertiary alicyclic amines) is 1. The van der Waals surface area contributed by atoms with Gasteiger partial charge in [0, 0.05) is 10.3 Å². The highest BCUT2D eigenvalue weighted by Gasteiger charge is 2.22. The zero-order valence-electron chi connectivity index (χ0n) is 13.9. The molecule has 1 aliphatic rings. The zero-order chi connectivity index (χ0) is 16.8. The lowest BCUT2D eigenvalue weighted by Crippen LogP contribution is -2.28. The lowest BCUT2D eigenvalue weighted by molar-refractivity contribution is -0.154. The molecule has 0 N–H and O–H groups in total. The number of rotatable bonds is 2. The van der Waals surface area contributed by atoms with Gasteiger partial charge < -0.3 is 9.64 Å². The Kier molecular flexibility index (Phi) is 7.64. The number of carbonyl (C=O) groups is 1. The minimum atomic E-state index is -0.739. The summed E-state index contributed by atoms with van der Waals surface area (Å²) in [6, 6.07) is 7.34. The Labute approximate surface area is 144 Å². The summed E-state index contributed by atoms with van der Waals surface area (Å²) in [4.78, 5) is 14.1. The molecular formula is C17H25BBrNO2. The van der Waals surface area contributed by atoms with Crippen LogP contribution < -0.4 is 0 Å². The smallest absolute Gasteiger partial charge is 0.304 e. The van der Waals surface area contributed by atoms with Crippen LogP contribution in [0, 0.1) is 0 Å². The minimum absolute atomic E-state index is 0.411. The molecule has 1 atom stereocenters. The van der Waals surface area contributed by atoms with Gasteiger partial charge in [-0.3, -0.25) is 4.79 Å². The fraction of sp³-hybridized carbons (Fsp3) is 0.588. The summed E-state index contributed by atoms with van der Waals surface area (Å²) in [5.41, 5.74) is 0.226. The van der Waals surface area contributed by atoms with E-state index in [2.05, 4.69) is 27.9 Å². The molecule has 1 heterocycles. The van der Waals surface area contributed by atoms with Crippen molar-refractivity contribution in [2.45, 2.75) is 45.0 Å². The Morgan fingerprint density at radius 3 is 2.32 bits per heavy atom. The van der Waals surface area contributed by atoms with Crippen molar-refractivity contribution in [2.75, 3.05) is 20.1 Å². The molecule has 3 nitrogen and oxygen atoms in total. The zero-order valence-corrected chi connectivity index (χ0v) is 15.5. The Morgan fingerprint density at radius 2 is 1.91 bits per heavy atom. The normalized spacial score (nSPS) is 16.6. The average Bonchev–Trinajstić information content (AvgIpc) is 2.88. The average molecular weight is 366 g/mol. The first kappa shape index (κ1) is 19.2. The molecule has 1 aromatic rings.